The number of guanidine groups is 1. The van der Waals surface area contributed by atoms with Gasteiger partial charge in [-0.1, -0.05) is 39.0 Å². The summed E-state index contributed by atoms with van der Waals surface area (Å²) in [6, 6.07) is 8.56. The summed E-state index contributed by atoms with van der Waals surface area (Å²) in [6.07, 6.45) is 3.08. The Hall–Kier alpha value is -2.08. The van der Waals surface area contributed by atoms with Gasteiger partial charge in [-0.05, 0) is 56.3 Å². The fourth-order valence-electron chi connectivity index (χ4n) is 4.54. The Morgan fingerprint density at radius 1 is 1.23 bits per heavy atom. The van der Waals surface area contributed by atoms with Gasteiger partial charge in [0, 0.05) is 37.2 Å². The van der Waals surface area contributed by atoms with Gasteiger partial charge < -0.3 is 16.0 Å². The Kier molecular flexibility index (Phi) is 8.14. The van der Waals surface area contributed by atoms with Crippen LogP contribution in [0.15, 0.2) is 29.3 Å². The first kappa shape index (κ1) is 22.6. The van der Waals surface area contributed by atoms with E-state index in [0.29, 0.717) is 24.9 Å². The van der Waals surface area contributed by atoms with Crippen LogP contribution in [0.5, 0.6) is 0 Å². The molecule has 2 aliphatic rings. The van der Waals surface area contributed by atoms with E-state index in [4.69, 9.17) is 4.99 Å². The van der Waals surface area contributed by atoms with Gasteiger partial charge in [0.15, 0.2) is 5.96 Å². The number of benzene rings is 1. The summed E-state index contributed by atoms with van der Waals surface area (Å²) in [4.78, 5) is 19.7. The zero-order chi connectivity index (χ0) is 21.5. The average molecular weight is 414 g/mol. The van der Waals surface area contributed by atoms with E-state index in [1.807, 2.05) is 18.2 Å². The number of para-hydroxylation sites is 1. The SMILES string of the molecule is CCNC(=NCC(C(C)C)N1CCC(C)CC1)NCC1CC(=O)Nc2ccccc21. The van der Waals surface area contributed by atoms with E-state index in [9.17, 15) is 4.79 Å². The number of hydrogen-bond acceptors (Lipinski definition) is 3. The molecule has 0 aliphatic carbocycles. The van der Waals surface area contributed by atoms with Crippen molar-refractivity contribution in [2.24, 2.45) is 16.8 Å². The molecule has 1 amide bonds. The molecule has 1 aromatic carbocycles. The summed E-state index contributed by atoms with van der Waals surface area (Å²) in [6.45, 7) is 13.7. The van der Waals surface area contributed by atoms with Crippen LogP contribution in [0, 0.1) is 11.8 Å². The standard InChI is InChI=1S/C24H39N5O/c1-5-25-24(27-16-22(17(2)3)29-12-10-18(4)11-13-29)26-15-19-14-23(30)28-21-9-7-6-8-20(19)21/h6-9,17-19,22H,5,10-16H2,1-4H3,(H,28,30)(H2,25,26,27). The minimum Gasteiger partial charge on any atom is -0.357 e. The van der Waals surface area contributed by atoms with Crippen LogP contribution >= 0.6 is 0 Å². The second kappa shape index (κ2) is 10.8. The van der Waals surface area contributed by atoms with Gasteiger partial charge in [-0.3, -0.25) is 14.7 Å². The third-order valence-corrected chi connectivity index (χ3v) is 6.46. The quantitative estimate of drug-likeness (QED) is 0.473. The molecule has 2 aliphatic heterocycles. The number of likely N-dealkylation sites (tertiary alicyclic amines) is 1. The van der Waals surface area contributed by atoms with E-state index in [0.717, 1.165) is 30.7 Å². The molecule has 30 heavy (non-hydrogen) atoms. The van der Waals surface area contributed by atoms with E-state index in [-0.39, 0.29) is 11.8 Å². The molecule has 3 rings (SSSR count). The summed E-state index contributed by atoms with van der Waals surface area (Å²) >= 11 is 0. The average Bonchev–Trinajstić information content (AvgIpc) is 2.72. The molecule has 1 fully saturated rings. The summed E-state index contributed by atoms with van der Waals surface area (Å²) in [7, 11) is 0. The highest BCUT2D eigenvalue weighted by Gasteiger charge is 2.26. The summed E-state index contributed by atoms with van der Waals surface area (Å²) in [5.74, 6) is 2.49. The monoisotopic (exact) mass is 413 g/mol. The van der Waals surface area contributed by atoms with Crippen molar-refractivity contribution < 1.29 is 4.79 Å². The number of carbonyl (C=O) groups excluding carboxylic acids is 1. The van der Waals surface area contributed by atoms with Gasteiger partial charge in [-0.15, -0.1) is 0 Å². The van der Waals surface area contributed by atoms with E-state index in [1.54, 1.807) is 0 Å². The molecule has 0 saturated carbocycles. The molecule has 2 heterocycles. The largest absolute Gasteiger partial charge is 0.357 e. The van der Waals surface area contributed by atoms with E-state index < -0.39 is 0 Å². The van der Waals surface area contributed by atoms with Crippen LogP contribution in [0.1, 0.15) is 58.4 Å². The Morgan fingerprint density at radius 2 is 1.97 bits per heavy atom. The van der Waals surface area contributed by atoms with Gasteiger partial charge in [0.2, 0.25) is 5.91 Å². The van der Waals surface area contributed by atoms with Crippen molar-refractivity contribution in [3.8, 4) is 0 Å². The molecule has 0 radical (unpaired) electrons. The maximum absolute atomic E-state index is 12.1. The molecule has 0 aromatic heterocycles. The number of carbonyl (C=O) groups is 1. The molecule has 0 spiro atoms. The first-order chi connectivity index (χ1) is 14.5. The number of nitrogens with one attached hydrogen (secondary N) is 3. The molecule has 6 heteroatoms. The van der Waals surface area contributed by atoms with Crippen LogP contribution < -0.4 is 16.0 Å². The minimum atomic E-state index is 0.0849. The highest BCUT2D eigenvalue weighted by Crippen LogP contribution is 2.31. The number of hydrogen-bond donors (Lipinski definition) is 3. The van der Waals surface area contributed by atoms with Crippen molar-refractivity contribution in [1.29, 1.82) is 0 Å². The van der Waals surface area contributed by atoms with Crippen molar-refractivity contribution in [1.82, 2.24) is 15.5 Å². The van der Waals surface area contributed by atoms with Crippen LogP contribution in [0.4, 0.5) is 5.69 Å². The number of aliphatic imine (C=N–C) groups is 1. The molecule has 0 bridgehead atoms. The summed E-state index contributed by atoms with van der Waals surface area (Å²) < 4.78 is 0. The van der Waals surface area contributed by atoms with Gasteiger partial charge in [0.1, 0.15) is 0 Å². The molecule has 6 nitrogen and oxygen atoms in total. The van der Waals surface area contributed by atoms with Gasteiger partial charge in [0.05, 0.1) is 6.54 Å². The smallest absolute Gasteiger partial charge is 0.225 e. The van der Waals surface area contributed by atoms with Gasteiger partial charge in [-0.2, -0.15) is 0 Å². The van der Waals surface area contributed by atoms with E-state index >= 15 is 0 Å². The Morgan fingerprint density at radius 3 is 2.67 bits per heavy atom. The van der Waals surface area contributed by atoms with Crippen molar-refractivity contribution in [2.75, 3.05) is 38.0 Å². The fraction of sp³-hybridized carbons (Fsp3) is 0.667. The van der Waals surface area contributed by atoms with Crippen LogP contribution in [-0.2, 0) is 4.79 Å². The van der Waals surface area contributed by atoms with Crippen LogP contribution in [0.2, 0.25) is 0 Å². The maximum Gasteiger partial charge on any atom is 0.225 e. The number of rotatable bonds is 7. The Balaban J connectivity index is 1.63. The fourth-order valence-corrected chi connectivity index (χ4v) is 4.54. The normalized spacial score (nSPS) is 21.8. The molecular weight excluding hydrogens is 374 g/mol. The molecule has 2 unspecified atom stereocenters. The first-order valence-electron chi connectivity index (χ1n) is 11.6. The van der Waals surface area contributed by atoms with Crippen molar-refractivity contribution in [3.63, 3.8) is 0 Å². The lowest BCUT2D eigenvalue weighted by Crippen LogP contribution is -2.46. The highest BCUT2D eigenvalue weighted by atomic mass is 16.1. The molecule has 166 valence electrons. The summed E-state index contributed by atoms with van der Waals surface area (Å²) in [5, 5.41) is 9.85. The number of piperidine rings is 1. The number of amides is 1. The van der Waals surface area contributed by atoms with Crippen LogP contribution in [-0.4, -0.2) is 55.5 Å². The van der Waals surface area contributed by atoms with E-state index in [2.05, 4.69) is 54.6 Å². The molecular formula is C24H39N5O. The highest BCUT2D eigenvalue weighted by molar-refractivity contribution is 5.94. The molecule has 3 N–H and O–H groups in total. The predicted octanol–water partition coefficient (Wildman–Crippen LogP) is 3.42. The maximum atomic E-state index is 12.1. The van der Waals surface area contributed by atoms with Crippen LogP contribution in [0.3, 0.4) is 0 Å². The minimum absolute atomic E-state index is 0.0849. The molecule has 1 aromatic rings. The van der Waals surface area contributed by atoms with E-state index in [1.165, 1.54) is 31.5 Å². The topological polar surface area (TPSA) is 68.8 Å². The van der Waals surface area contributed by atoms with Gasteiger partial charge >= 0.3 is 0 Å². The zero-order valence-corrected chi connectivity index (χ0v) is 19.1. The third-order valence-electron chi connectivity index (χ3n) is 6.46. The lowest BCUT2D eigenvalue weighted by Gasteiger charge is -2.38. The second-order valence-corrected chi connectivity index (χ2v) is 9.17. The lowest BCUT2D eigenvalue weighted by molar-refractivity contribution is -0.116. The first-order valence-corrected chi connectivity index (χ1v) is 11.6. The number of fused-ring (bicyclic) bond motifs is 1. The predicted molar refractivity (Wildman–Crippen MR) is 125 cm³/mol. The lowest BCUT2D eigenvalue weighted by atomic mass is 9.90. The number of anilines is 1. The van der Waals surface area contributed by atoms with Crippen LogP contribution in [0.25, 0.3) is 0 Å². The van der Waals surface area contributed by atoms with Crippen molar-refractivity contribution >= 4 is 17.6 Å². The van der Waals surface area contributed by atoms with Gasteiger partial charge in [-0.25, -0.2) is 0 Å². The molecule has 1 saturated heterocycles. The van der Waals surface area contributed by atoms with Crippen molar-refractivity contribution in [2.45, 2.75) is 58.9 Å². The van der Waals surface area contributed by atoms with Gasteiger partial charge in [0.25, 0.3) is 0 Å². The van der Waals surface area contributed by atoms with Crippen molar-refractivity contribution in [3.05, 3.63) is 29.8 Å². The number of nitrogens with zero attached hydrogens (tertiary/aromatic N) is 2. The second-order valence-electron chi connectivity index (χ2n) is 9.17. The Labute approximate surface area is 181 Å². The molecule has 2 atom stereocenters. The third kappa shape index (κ3) is 5.97. The Bertz CT molecular complexity index is 724. The summed E-state index contributed by atoms with van der Waals surface area (Å²) in [5.41, 5.74) is 2.13. The zero-order valence-electron chi connectivity index (χ0n) is 19.1.